The minimum Gasteiger partial charge on any atom is -0.360 e. The molecule has 1 N–H and O–H groups in total. The van der Waals surface area contributed by atoms with Crippen molar-refractivity contribution in [1.29, 1.82) is 0 Å². The summed E-state index contributed by atoms with van der Waals surface area (Å²) in [6, 6.07) is 17.0. The highest BCUT2D eigenvalue weighted by Gasteiger charge is 2.17. The Balaban J connectivity index is 1.82. The maximum atomic E-state index is 12.2. The first-order valence-corrected chi connectivity index (χ1v) is 8.58. The minimum absolute atomic E-state index is 0.0313. The summed E-state index contributed by atoms with van der Waals surface area (Å²) in [4.78, 5) is 25.2. The number of rotatable bonds is 5. The topological polar surface area (TPSA) is 75.4 Å². The summed E-state index contributed by atoms with van der Waals surface area (Å²) in [6.07, 6.45) is 0. The van der Waals surface area contributed by atoms with E-state index in [9.17, 15) is 9.59 Å². The number of carbonyl (C=O) groups is 2. The maximum Gasteiger partial charge on any atom is 0.251 e. The average molecular weight is 363 g/mol. The van der Waals surface area contributed by atoms with E-state index in [1.807, 2.05) is 49.4 Å². The molecule has 1 heterocycles. The molecule has 6 heteroatoms. The van der Waals surface area contributed by atoms with Gasteiger partial charge in [0.15, 0.2) is 0 Å². The summed E-state index contributed by atoms with van der Waals surface area (Å²) >= 11 is 0. The molecule has 0 saturated heterocycles. The van der Waals surface area contributed by atoms with E-state index in [0.717, 1.165) is 22.4 Å². The number of likely N-dealkylation sites (N-methyl/N-ethyl adjacent to an activating group) is 1. The molecule has 27 heavy (non-hydrogen) atoms. The second-order valence-electron chi connectivity index (χ2n) is 6.38. The van der Waals surface area contributed by atoms with Gasteiger partial charge in [-0.15, -0.1) is 0 Å². The third-order valence-electron chi connectivity index (χ3n) is 4.24. The number of benzene rings is 2. The highest BCUT2D eigenvalue weighted by molar-refractivity contribution is 5.97. The molecule has 0 aliphatic rings. The van der Waals surface area contributed by atoms with E-state index in [4.69, 9.17) is 4.52 Å². The van der Waals surface area contributed by atoms with Crippen molar-refractivity contribution in [2.45, 2.75) is 6.92 Å². The Morgan fingerprint density at radius 2 is 1.67 bits per heavy atom. The Morgan fingerprint density at radius 3 is 2.30 bits per heavy atom. The standard InChI is InChI=1S/C21H21N3O3/c1-14-19(20(23-27-14)16-7-5-4-6-8-16)15-9-11-17(12-10-15)21(26)22-13-18(25)24(2)3/h4-12H,13H2,1-3H3,(H,22,26). The molecular weight excluding hydrogens is 342 g/mol. The SMILES string of the molecule is Cc1onc(-c2ccccc2)c1-c1ccc(C(=O)NCC(=O)N(C)C)cc1. The van der Waals surface area contributed by atoms with E-state index in [0.29, 0.717) is 11.3 Å². The van der Waals surface area contributed by atoms with Crippen LogP contribution in [0.25, 0.3) is 22.4 Å². The van der Waals surface area contributed by atoms with Gasteiger partial charge in [0.05, 0.1) is 12.1 Å². The van der Waals surface area contributed by atoms with E-state index in [-0.39, 0.29) is 18.4 Å². The summed E-state index contributed by atoms with van der Waals surface area (Å²) in [5.74, 6) is 0.261. The van der Waals surface area contributed by atoms with Crippen LogP contribution in [0.3, 0.4) is 0 Å². The second-order valence-corrected chi connectivity index (χ2v) is 6.38. The van der Waals surface area contributed by atoms with Gasteiger partial charge in [0.1, 0.15) is 11.5 Å². The van der Waals surface area contributed by atoms with Gasteiger partial charge in [-0.1, -0.05) is 47.6 Å². The number of hydrogen-bond donors (Lipinski definition) is 1. The number of hydrogen-bond acceptors (Lipinski definition) is 4. The summed E-state index contributed by atoms with van der Waals surface area (Å²) < 4.78 is 5.40. The largest absolute Gasteiger partial charge is 0.360 e. The second kappa shape index (κ2) is 7.86. The van der Waals surface area contributed by atoms with E-state index in [1.165, 1.54) is 4.90 Å². The van der Waals surface area contributed by atoms with Gasteiger partial charge in [-0.3, -0.25) is 9.59 Å². The quantitative estimate of drug-likeness (QED) is 0.756. The van der Waals surface area contributed by atoms with Crippen molar-refractivity contribution in [1.82, 2.24) is 15.4 Å². The van der Waals surface area contributed by atoms with Gasteiger partial charge in [-0.05, 0) is 24.6 Å². The molecule has 0 unspecified atom stereocenters. The molecule has 0 saturated carbocycles. The van der Waals surface area contributed by atoms with Crippen molar-refractivity contribution < 1.29 is 14.1 Å². The lowest BCUT2D eigenvalue weighted by Gasteiger charge is -2.11. The van der Waals surface area contributed by atoms with Crippen LogP contribution in [-0.4, -0.2) is 42.5 Å². The van der Waals surface area contributed by atoms with Gasteiger partial charge in [0.25, 0.3) is 5.91 Å². The van der Waals surface area contributed by atoms with Crippen molar-refractivity contribution in [3.63, 3.8) is 0 Å². The third-order valence-corrected chi connectivity index (χ3v) is 4.24. The lowest BCUT2D eigenvalue weighted by atomic mass is 9.98. The minimum atomic E-state index is -0.290. The Kier molecular flexibility index (Phi) is 5.35. The van der Waals surface area contributed by atoms with Crippen molar-refractivity contribution in [3.8, 4) is 22.4 Å². The van der Waals surface area contributed by atoms with Crippen molar-refractivity contribution >= 4 is 11.8 Å². The molecule has 138 valence electrons. The molecule has 0 spiro atoms. The molecule has 0 radical (unpaired) electrons. The first kappa shape index (κ1) is 18.4. The van der Waals surface area contributed by atoms with Gasteiger partial charge < -0.3 is 14.7 Å². The molecule has 0 atom stereocenters. The number of aromatic nitrogens is 1. The van der Waals surface area contributed by atoms with Crippen molar-refractivity contribution in [2.24, 2.45) is 0 Å². The normalized spacial score (nSPS) is 10.5. The van der Waals surface area contributed by atoms with Crippen LogP contribution in [0, 0.1) is 6.92 Å². The fourth-order valence-corrected chi connectivity index (χ4v) is 2.71. The van der Waals surface area contributed by atoms with Crippen LogP contribution in [0.5, 0.6) is 0 Å². The van der Waals surface area contributed by atoms with E-state index in [2.05, 4.69) is 10.5 Å². The molecule has 2 aromatic carbocycles. The Labute approximate surface area is 157 Å². The number of amides is 2. The van der Waals surface area contributed by atoms with Crippen LogP contribution in [0.4, 0.5) is 0 Å². The predicted molar refractivity (Wildman–Crippen MR) is 103 cm³/mol. The Morgan fingerprint density at radius 1 is 1.00 bits per heavy atom. The van der Waals surface area contributed by atoms with Gasteiger partial charge >= 0.3 is 0 Å². The molecule has 0 aliphatic heterocycles. The molecule has 3 aromatic rings. The van der Waals surface area contributed by atoms with E-state index in [1.54, 1.807) is 26.2 Å². The molecule has 1 aromatic heterocycles. The zero-order valence-corrected chi connectivity index (χ0v) is 15.5. The molecule has 2 amide bonds. The number of nitrogens with zero attached hydrogens (tertiary/aromatic N) is 2. The van der Waals surface area contributed by atoms with Crippen LogP contribution >= 0.6 is 0 Å². The molecule has 6 nitrogen and oxygen atoms in total. The highest BCUT2D eigenvalue weighted by Crippen LogP contribution is 2.34. The molecule has 0 bridgehead atoms. The summed E-state index contributed by atoms with van der Waals surface area (Å²) in [6.45, 7) is 1.83. The lowest BCUT2D eigenvalue weighted by Crippen LogP contribution is -2.36. The van der Waals surface area contributed by atoms with Gasteiger partial charge in [0, 0.05) is 25.2 Å². The van der Waals surface area contributed by atoms with Crippen LogP contribution in [0.2, 0.25) is 0 Å². The smallest absolute Gasteiger partial charge is 0.251 e. The monoisotopic (exact) mass is 363 g/mol. The van der Waals surface area contributed by atoms with Gasteiger partial charge in [0.2, 0.25) is 5.91 Å². The fraction of sp³-hybridized carbons (Fsp3) is 0.190. The van der Waals surface area contributed by atoms with Crippen molar-refractivity contribution in [3.05, 3.63) is 65.9 Å². The van der Waals surface area contributed by atoms with E-state index >= 15 is 0 Å². The molecule has 3 rings (SSSR count). The first-order valence-electron chi connectivity index (χ1n) is 8.58. The van der Waals surface area contributed by atoms with Gasteiger partial charge in [-0.25, -0.2) is 0 Å². The van der Waals surface area contributed by atoms with Crippen molar-refractivity contribution in [2.75, 3.05) is 20.6 Å². The zero-order valence-electron chi connectivity index (χ0n) is 15.5. The predicted octanol–water partition coefficient (Wildman–Crippen LogP) is 3.14. The Hall–Kier alpha value is -3.41. The van der Waals surface area contributed by atoms with Gasteiger partial charge in [-0.2, -0.15) is 0 Å². The van der Waals surface area contributed by atoms with Crippen LogP contribution in [0.15, 0.2) is 59.1 Å². The first-order chi connectivity index (χ1) is 13.0. The number of aryl methyl sites for hydroxylation is 1. The van der Waals surface area contributed by atoms with E-state index < -0.39 is 0 Å². The summed E-state index contributed by atoms with van der Waals surface area (Å²) in [7, 11) is 3.30. The van der Waals surface area contributed by atoms with Crippen LogP contribution in [-0.2, 0) is 4.79 Å². The maximum absolute atomic E-state index is 12.2. The molecule has 0 fully saturated rings. The number of nitrogens with one attached hydrogen (secondary N) is 1. The highest BCUT2D eigenvalue weighted by atomic mass is 16.5. The summed E-state index contributed by atoms with van der Waals surface area (Å²) in [5.41, 5.74) is 4.03. The van der Waals surface area contributed by atoms with Crippen LogP contribution < -0.4 is 5.32 Å². The average Bonchev–Trinajstić information content (AvgIpc) is 3.08. The summed E-state index contributed by atoms with van der Waals surface area (Å²) in [5, 5.41) is 6.81. The Bertz CT molecular complexity index is 945. The zero-order chi connectivity index (χ0) is 19.4. The third kappa shape index (κ3) is 4.06. The molecular formula is C21H21N3O3. The van der Waals surface area contributed by atoms with Crippen LogP contribution in [0.1, 0.15) is 16.1 Å². The lowest BCUT2D eigenvalue weighted by molar-refractivity contribution is -0.127. The molecule has 0 aliphatic carbocycles. The number of carbonyl (C=O) groups excluding carboxylic acids is 2. The fourth-order valence-electron chi connectivity index (χ4n) is 2.71.